The molecule has 0 radical (unpaired) electrons. The summed E-state index contributed by atoms with van der Waals surface area (Å²) in [5.74, 6) is 0. The Kier molecular flexibility index (Phi) is 7.04. The molecule has 0 amide bonds. The average molecular weight is 779 g/mol. The molecule has 13 rings (SSSR count). The molecule has 1 aliphatic carbocycles. The van der Waals surface area contributed by atoms with E-state index in [9.17, 15) is 0 Å². The summed E-state index contributed by atoms with van der Waals surface area (Å²) in [6, 6.07) is 72.9. The van der Waals surface area contributed by atoms with Crippen LogP contribution in [-0.2, 0) is 5.41 Å². The van der Waals surface area contributed by atoms with Gasteiger partial charge in [-0.05, 0) is 128 Å². The summed E-state index contributed by atoms with van der Waals surface area (Å²) in [6.07, 6.45) is 0. The molecular weight excluding hydrogens is 741 g/mol. The lowest BCUT2D eigenvalue weighted by atomic mass is 9.82. The largest absolute Gasteiger partial charge is 0.135 e. The van der Waals surface area contributed by atoms with E-state index in [0.717, 1.165) is 0 Å². The second kappa shape index (κ2) is 12.5. The molecule has 0 atom stereocenters. The fourth-order valence-corrected chi connectivity index (χ4v) is 12.0. The van der Waals surface area contributed by atoms with E-state index in [1.165, 1.54) is 130 Å². The molecule has 1 aliphatic rings. The van der Waals surface area contributed by atoms with Gasteiger partial charge >= 0.3 is 0 Å². The highest BCUT2D eigenvalue weighted by Crippen LogP contribution is 2.56. The lowest BCUT2D eigenvalue weighted by molar-refractivity contribution is 0.661. The van der Waals surface area contributed by atoms with Crippen molar-refractivity contribution >= 4 is 85.4 Å². The van der Waals surface area contributed by atoms with Crippen molar-refractivity contribution in [2.75, 3.05) is 0 Å². The number of fused-ring (bicyclic) bond motifs is 13. The molecule has 1 aromatic heterocycles. The van der Waals surface area contributed by atoms with Gasteiger partial charge < -0.3 is 0 Å². The number of benzene rings is 11. The molecular formula is C59H38S. The molecule has 280 valence electrons. The zero-order valence-electron chi connectivity index (χ0n) is 33.4. The molecule has 0 saturated heterocycles. The fraction of sp³-hybridized carbons (Fsp3) is 0.0508. The van der Waals surface area contributed by atoms with E-state index < -0.39 is 0 Å². The molecule has 0 nitrogen and oxygen atoms in total. The SMILES string of the molecule is CC1(C)c2ccc3ccccc3c2-c2c1ccc1c2sc2ccc(-c3ccc4cc(-c5c6ccccc6c(-c6cccc7ccccc67)c6ccccc56)ccc4c3)cc21. The maximum absolute atomic E-state index is 2.43. The Bertz CT molecular complexity index is 3740. The molecule has 12 aromatic rings. The summed E-state index contributed by atoms with van der Waals surface area (Å²) in [5, 5.41) is 15.5. The summed E-state index contributed by atoms with van der Waals surface area (Å²) in [4.78, 5) is 0. The molecule has 60 heavy (non-hydrogen) atoms. The van der Waals surface area contributed by atoms with Crippen LogP contribution in [0.25, 0.3) is 119 Å². The summed E-state index contributed by atoms with van der Waals surface area (Å²) in [7, 11) is 0. The zero-order chi connectivity index (χ0) is 39.7. The van der Waals surface area contributed by atoms with Gasteiger partial charge in [-0.15, -0.1) is 11.3 Å². The number of hydrogen-bond acceptors (Lipinski definition) is 1. The lowest BCUT2D eigenvalue weighted by Gasteiger charge is -2.21. The predicted octanol–water partition coefficient (Wildman–Crippen LogP) is 17.1. The Morgan fingerprint density at radius 1 is 0.317 bits per heavy atom. The van der Waals surface area contributed by atoms with Gasteiger partial charge in [0, 0.05) is 31.2 Å². The summed E-state index contributed by atoms with van der Waals surface area (Å²) < 4.78 is 2.74. The maximum Gasteiger partial charge on any atom is 0.0437 e. The quantitative estimate of drug-likeness (QED) is 0.157. The fourth-order valence-electron chi connectivity index (χ4n) is 10.7. The zero-order valence-corrected chi connectivity index (χ0v) is 34.2. The third-order valence-corrected chi connectivity index (χ3v) is 14.8. The summed E-state index contributed by atoms with van der Waals surface area (Å²) in [6.45, 7) is 4.78. The van der Waals surface area contributed by atoms with Crippen molar-refractivity contribution in [1.29, 1.82) is 0 Å². The topological polar surface area (TPSA) is 0 Å². The minimum Gasteiger partial charge on any atom is -0.135 e. The lowest BCUT2D eigenvalue weighted by Crippen LogP contribution is -2.14. The van der Waals surface area contributed by atoms with Gasteiger partial charge in [0.05, 0.1) is 0 Å². The van der Waals surface area contributed by atoms with Crippen LogP contribution in [0.1, 0.15) is 25.0 Å². The van der Waals surface area contributed by atoms with Crippen molar-refractivity contribution in [3.8, 4) is 44.5 Å². The number of hydrogen-bond donors (Lipinski definition) is 0. The molecule has 0 spiro atoms. The van der Waals surface area contributed by atoms with E-state index in [4.69, 9.17) is 0 Å². The van der Waals surface area contributed by atoms with Gasteiger partial charge in [0.1, 0.15) is 0 Å². The van der Waals surface area contributed by atoms with Crippen molar-refractivity contribution in [2.24, 2.45) is 0 Å². The van der Waals surface area contributed by atoms with E-state index in [1.54, 1.807) is 0 Å². The monoisotopic (exact) mass is 778 g/mol. The standard InChI is InChI=1S/C59H38S/c1-59(2)51-29-26-36-13-4-6-16-43(36)56(51)57-52(59)30-28-49-50-34-40(27-31-53(50)60-58(49)57)38-22-23-39-33-41(25-24-37(39)32-38)54-45-17-7-9-19-47(45)55(48-20-10-8-18-46(48)54)44-21-11-14-35-12-3-5-15-42(35)44/h3-34H,1-2H3. The van der Waals surface area contributed by atoms with Gasteiger partial charge in [0.2, 0.25) is 0 Å². The number of thiophene rings is 1. The molecule has 0 unspecified atom stereocenters. The molecule has 0 fully saturated rings. The van der Waals surface area contributed by atoms with Crippen molar-refractivity contribution in [3.05, 3.63) is 205 Å². The van der Waals surface area contributed by atoms with Crippen LogP contribution in [0.15, 0.2) is 194 Å². The molecule has 0 aliphatic heterocycles. The Labute approximate surface area is 352 Å². The van der Waals surface area contributed by atoms with Gasteiger partial charge in [0.15, 0.2) is 0 Å². The van der Waals surface area contributed by atoms with Gasteiger partial charge in [-0.25, -0.2) is 0 Å². The normalized spacial score (nSPS) is 13.3. The molecule has 0 bridgehead atoms. The Balaban J connectivity index is 0.939. The second-order valence-corrected chi connectivity index (χ2v) is 18.2. The van der Waals surface area contributed by atoms with Crippen LogP contribution in [0.3, 0.4) is 0 Å². The molecule has 0 saturated carbocycles. The van der Waals surface area contributed by atoms with E-state index >= 15 is 0 Å². The highest BCUT2D eigenvalue weighted by molar-refractivity contribution is 7.26. The van der Waals surface area contributed by atoms with E-state index in [0.29, 0.717) is 0 Å². The van der Waals surface area contributed by atoms with E-state index in [-0.39, 0.29) is 5.41 Å². The van der Waals surface area contributed by atoms with Gasteiger partial charge in [0.25, 0.3) is 0 Å². The van der Waals surface area contributed by atoms with Crippen molar-refractivity contribution in [3.63, 3.8) is 0 Å². The predicted molar refractivity (Wildman–Crippen MR) is 261 cm³/mol. The third-order valence-electron chi connectivity index (χ3n) is 13.6. The molecule has 1 heterocycles. The Morgan fingerprint density at radius 3 is 1.57 bits per heavy atom. The Morgan fingerprint density at radius 2 is 0.833 bits per heavy atom. The molecule has 0 N–H and O–H groups in total. The van der Waals surface area contributed by atoms with E-state index in [2.05, 4.69) is 208 Å². The number of rotatable bonds is 3. The summed E-state index contributed by atoms with van der Waals surface area (Å²) in [5.41, 5.74) is 13.3. The van der Waals surface area contributed by atoms with Crippen molar-refractivity contribution < 1.29 is 0 Å². The first-order chi connectivity index (χ1) is 29.5. The van der Waals surface area contributed by atoms with E-state index in [1.807, 2.05) is 11.3 Å². The highest BCUT2D eigenvalue weighted by Gasteiger charge is 2.38. The minimum atomic E-state index is -0.0453. The average Bonchev–Trinajstić information content (AvgIpc) is 3.79. The van der Waals surface area contributed by atoms with Gasteiger partial charge in [-0.3, -0.25) is 0 Å². The smallest absolute Gasteiger partial charge is 0.0437 e. The van der Waals surface area contributed by atoms with Crippen molar-refractivity contribution in [1.82, 2.24) is 0 Å². The van der Waals surface area contributed by atoms with Crippen LogP contribution in [-0.4, -0.2) is 0 Å². The van der Waals surface area contributed by atoms with Crippen LogP contribution in [0.2, 0.25) is 0 Å². The first-order valence-electron chi connectivity index (χ1n) is 21.0. The van der Waals surface area contributed by atoms with Gasteiger partial charge in [-0.1, -0.05) is 184 Å². The maximum atomic E-state index is 2.43. The van der Waals surface area contributed by atoms with Gasteiger partial charge in [-0.2, -0.15) is 0 Å². The molecule has 11 aromatic carbocycles. The van der Waals surface area contributed by atoms with Crippen LogP contribution in [0.4, 0.5) is 0 Å². The second-order valence-electron chi connectivity index (χ2n) is 17.2. The van der Waals surface area contributed by atoms with Crippen LogP contribution < -0.4 is 0 Å². The summed E-state index contributed by atoms with van der Waals surface area (Å²) >= 11 is 1.95. The van der Waals surface area contributed by atoms with Crippen molar-refractivity contribution in [2.45, 2.75) is 19.3 Å². The highest BCUT2D eigenvalue weighted by atomic mass is 32.1. The first kappa shape index (κ1) is 33.9. The molecule has 1 heteroatoms. The Hall–Kier alpha value is -7.06. The van der Waals surface area contributed by atoms with Crippen LogP contribution in [0.5, 0.6) is 0 Å². The minimum absolute atomic E-state index is 0.0453. The third kappa shape index (κ3) is 4.73. The van der Waals surface area contributed by atoms with Crippen LogP contribution in [0, 0.1) is 0 Å². The van der Waals surface area contributed by atoms with Crippen LogP contribution >= 0.6 is 11.3 Å². The first-order valence-corrected chi connectivity index (χ1v) is 21.8.